The van der Waals surface area contributed by atoms with Crippen molar-refractivity contribution in [3.63, 3.8) is 0 Å². The molecule has 0 aliphatic heterocycles. The summed E-state index contributed by atoms with van der Waals surface area (Å²) in [5.74, 6) is -0.406. The van der Waals surface area contributed by atoms with E-state index in [9.17, 15) is 15.2 Å². The first-order valence-electron chi connectivity index (χ1n) is 7.06. The quantitative estimate of drug-likeness (QED) is 0.671. The second-order valence-electron chi connectivity index (χ2n) is 5.59. The summed E-state index contributed by atoms with van der Waals surface area (Å²) < 4.78 is 0. The van der Waals surface area contributed by atoms with Crippen LogP contribution in [0.1, 0.15) is 25.0 Å². The molecule has 2 aromatic rings. The zero-order valence-electron chi connectivity index (χ0n) is 12.9. The minimum atomic E-state index is -0.667. The molecule has 1 aromatic carbocycles. The van der Waals surface area contributed by atoms with Crippen molar-refractivity contribution in [1.82, 2.24) is 10.3 Å². The second kappa shape index (κ2) is 6.75. The summed E-state index contributed by atoms with van der Waals surface area (Å²) in [5, 5.41) is 21.5. The molecule has 0 aliphatic rings. The number of aromatic hydroxyl groups is 1. The van der Waals surface area contributed by atoms with E-state index >= 15 is 0 Å². The average molecular weight is 307 g/mol. The number of hydrogen-bond acceptors (Lipinski definition) is 4. The Morgan fingerprint density at radius 2 is 2.13 bits per heavy atom. The third kappa shape index (κ3) is 4.17. The van der Waals surface area contributed by atoms with Gasteiger partial charge in [0.2, 0.25) is 0 Å². The molecule has 116 valence electrons. The molecule has 1 amide bonds. The molecular formula is C18H17N3O2. The SMILES string of the molecule is CC(C)(NC(=O)/C(C#N)=C/c1cccc(O)c1)c1cccnc1. The van der Waals surface area contributed by atoms with Crippen molar-refractivity contribution in [1.29, 1.82) is 5.26 Å². The van der Waals surface area contributed by atoms with Gasteiger partial charge in [0.25, 0.3) is 5.91 Å². The summed E-state index contributed by atoms with van der Waals surface area (Å²) in [6.45, 7) is 3.68. The summed E-state index contributed by atoms with van der Waals surface area (Å²) in [5.41, 5.74) is 0.714. The number of nitrogens with one attached hydrogen (secondary N) is 1. The lowest BCUT2D eigenvalue weighted by Gasteiger charge is -2.26. The Hall–Kier alpha value is -3.13. The Kier molecular flexibility index (Phi) is 4.77. The van der Waals surface area contributed by atoms with Crippen molar-refractivity contribution < 1.29 is 9.90 Å². The van der Waals surface area contributed by atoms with Gasteiger partial charge in [-0.1, -0.05) is 18.2 Å². The zero-order valence-corrected chi connectivity index (χ0v) is 12.9. The monoisotopic (exact) mass is 307 g/mol. The maximum atomic E-state index is 12.4. The van der Waals surface area contributed by atoms with Crippen LogP contribution in [-0.2, 0) is 10.3 Å². The van der Waals surface area contributed by atoms with E-state index in [-0.39, 0.29) is 11.3 Å². The fourth-order valence-electron chi connectivity index (χ4n) is 2.09. The lowest BCUT2D eigenvalue weighted by Crippen LogP contribution is -2.41. The van der Waals surface area contributed by atoms with Crippen molar-refractivity contribution >= 4 is 12.0 Å². The number of amides is 1. The molecule has 5 nitrogen and oxygen atoms in total. The minimum absolute atomic E-state index is 0.0347. The molecule has 0 saturated heterocycles. The minimum Gasteiger partial charge on any atom is -0.508 e. The highest BCUT2D eigenvalue weighted by Crippen LogP contribution is 2.20. The Bertz CT molecular complexity index is 774. The molecule has 0 bridgehead atoms. The number of aromatic nitrogens is 1. The highest BCUT2D eigenvalue weighted by Gasteiger charge is 2.24. The van der Waals surface area contributed by atoms with E-state index < -0.39 is 11.4 Å². The lowest BCUT2D eigenvalue weighted by atomic mass is 9.95. The number of carbonyl (C=O) groups is 1. The van der Waals surface area contributed by atoms with Crippen molar-refractivity contribution in [2.45, 2.75) is 19.4 Å². The first-order chi connectivity index (χ1) is 10.9. The lowest BCUT2D eigenvalue weighted by molar-refractivity contribution is -0.118. The Morgan fingerprint density at radius 1 is 1.35 bits per heavy atom. The van der Waals surface area contributed by atoms with Gasteiger partial charge in [-0.2, -0.15) is 5.26 Å². The van der Waals surface area contributed by atoms with Gasteiger partial charge in [0.15, 0.2) is 0 Å². The summed E-state index contributed by atoms with van der Waals surface area (Å²) in [6.07, 6.45) is 4.77. The number of hydrogen-bond donors (Lipinski definition) is 2. The van der Waals surface area contributed by atoms with Crippen LogP contribution in [0.5, 0.6) is 5.75 Å². The van der Waals surface area contributed by atoms with Crippen LogP contribution in [0.4, 0.5) is 0 Å². The van der Waals surface area contributed by atoms with E-state index in [1.54, 1.807) is 30.6 Å². The highest BCUT2D eigenvalue weighted by atomic mass is 16.3. The van der Waals surface area contributed by atoms with Crippen molar-refractivity contribution in [3.8, 4) is 11.8 Å². The standard InChI is InChI=1S/C18H17N3O2/c1-18(2,15-6-4-8-20-12-15)21-17(23)14(11-19)9-13-5-3-7-16(22)10-13/h3-10,12,22H,1-2H3,(H,21,23)/b14-9+. The Balaban J connectivity index is 2.23. The van der Waals surface area contributed by atoms with E-state index in [4.69, 9.17) is 0 Å². The molecule has 23 heavy (non-hydrogen) atoms. The summed E-state index contributed by atoms with van der Waals surface area (Å²) >= 11 is 0. The number of nitrogens with zero attached hydrogens (tertiary/aromatic N) is 2. The van der Waals surface area contributed by atoms with Crippen LogP contribution in [0.25, 0.3) is 6.08 Å². The van der Waals surface area contributed by atoms with Crippen LogP contribution >= 0.6 is 0 Å². The van der Waals surface area contributed by atoms with Gasteiger partial charge >= 0.3 is 0 Å². The molecular weight excluding hydrogens is 290 g/mol. The van der Waals surface area contributed by atoms with E-state index in [1.807, 2.05) is 26.0 Å². The van der Waals surface area contributed by atoms with E-state index in [2.05, 4.69) is 10.3 Å². The normalized spacial score (nSPS) is 11.6. The van der Waals surface area contributed by atoms with Crippen molar-refractivity contribution in [2.24, 2.45) is 0 Å². The van der Waals surface area contributed by atoms with Gasteiger partial charge in [-0.3, -0.25) is 9.78 Å². The average Bonchev–Trinajstić information content (AvgIpc) is 2.53. The molecule has 0 atom stereocenters. The van der Waals surface area contributed by atoms with Crippen LogP contribution in [0.2, 0.25) is 0 Å². The van der Waals surface area contributed by atoms with Gasteiger partial charge in [-0.05, 0) is 49.2 Å². The highest BCUT2D eigenvalue weighted by molar-refractivity contribution is 6.02. The van der Waals surface area contributed by atoms with Crippen molar-refractivity contribution in [3.05, 3.63) is 65.5 Å². The topological polar surface area (TPSA) is 86.0 Å². The molecule has 2 N–H and O–H groups in total. The number of pyridine rings is 1. The van der Waals surface area contributed by atoms with Gasteiger partial charge in [-0.25, -0.2) is 0 Å². The third-order valence-corrected chi connectivity index (χ3v) is 3.36. The Labute approximate surface area is 134 Å². The summed E-state index contributed by atoms with van der Waals surface area (Å²) in [6, 6.07) is 11.9. The summed E-state index contributed by atoms with van der Waals surface area (Å²) in [4.78, 5) is 16.4. The van der Waals surface area contributed by atoms with Gasteiger partial charge < -0.3 is 10.4 Å². The molecule has 0 fully saturated rings. The van der Waals surface area contributed by atoms with Crippen molar-refractivity contribution in [2.75, 3.05) is 0 Å². The molecule has 0 unspecified atom stereocenters. The van der Waals surface area contributed by atoms with Gasteiger partial charge in [0.1, 0.15) is 17.4 Å². The molecule has 0 spiro atoms. The van der Waals surface area contributed by atoms with Crippen LogP contribution in [0.15, 0.2) is 54.4 Å². The van der Waals surface area contributed by atoms with E-state index in [0.29, 0.717) is 5.56 Å². The maximum Gasteiger partial charge on any atom is 0.262 e. The molecule has 1 heterocycles. The molecule has 5 heteroatoms. The summed E-state index contributed by atoms with van der Waals surface area (Å²) in [7, 11) is 0. The smallest absolute Gasteiger partial charge is 0.262 e. The second-order valence-corrected chi connectivity index (χ2v) is 5.59. The van der Waals surface area contributed by atoms with Crippen LogP contribution in [0, 0.1) is 11.3 Å². The number of phenols is 1. The first-order valence-corrected chi connectivity index (χ1v) is 7.06. The molecule has 2 rings (SSSR count). The van der Waals surface area contributed by atoms with E-state index in [1.165, 1.54) is 18.2 Å². The number of benzene rings is 1. The predicted octanol–water partition coefficient (Wildman–Crippen LogP) is 2.75. The molecule has 1 aromatic heterocycles. The Morgan fingerprint density at radius 3 is 2.74 bits per heavy atom. The van der Waals surface area contributed by atoms with E-state index in [0.717, 1.165) is 5.56 Å². The number of phenolic OH excluding ortho intramolecular Hbond substituents is 1. The van der Waals surface area contributed by atoms with Gasteiger partial charge in [0, 0.05) is 12.4 Å². The zero-order chi connectivity index (χ0) is 16.9. The van der Waals surface area contributed by atoms with Crippen LogP contribution < -0.4 is 5.32 Å². The largest absolute Gasteiger partial charge is 0.508 e. The molecule has 0 radical (unpaired) electrons. The number of nitriles is 1. The number of carbonyl (C=O) groups excluding carboxylic acids is 1. The maximum absolute atomic E-state index is 12.4. The van der Waals surface area contributed by atoms with Gasteiger partial charge in [-0.15, -0.1) is 0 Å². The first kappa shape index (κ1) is 16.2. The van der Waals surface area contributed by atoms with Crippen LogP contribution in [0.3, 0.4) is 0 Å². The van der Waals surface area contributed by atoms with Gasteiger partial charge in [0.05, 0.1) is 5.54 Å². The number of rotatable bonds is 4. The molecule has 0 aliphatic carbocycles. The van der Waals surface area contributed by atoms with Crippen LogP contribution in [-0.4, -0.2) is 16.0 Å². The third-order valence-electron chi connectivity index (χ3n) is 3.36. The fraction of sp³-hybridized carbons (Fsp3) is 0.167. The fourth-order valence-corrected chi connectivity index (χ4v) is 2.09. The molecule has 0 saturated carbocycles. The predicted molar refractivity (Wildman–Crippen MR) is 87.1 cm³/mol.